The molecule has 0 saturated heterocycles. The summed E-state index contributed by atoms with van der Waals surface area (Å²) in [6.45, 7) is 1.97. The molecule has 124 valence electrons. The van der Waals surface area contributed by atoms with E-state index in [1.165, 1.54) is 0 Å². The standard InChI is InChI=1S/C19H15N3OS2/c1-12-21-19(15-8-4-10-24-15)16(25-12)11-17(23)22-14-7-2-5-13-6-3-9-20-18(13)14/h2-10H,11H2,1H3,(H,22,23). The van der Waals surface area contributed by atoms with E-state index in [2.05, 4.69) is 15.3 Å². The Balaban J connectivity index is 1.59. The van der Waals surface area contributed by atoms with Gasteiger partial charge in [0.15, 0.2) is 0 Å². The Labute approximate surface area is 153 Å². The molecule has 25 heavy (non-hydrogen) atoms. The second kappa shape index (κ2) is 6.74. The summed E-state index contributed by atoms with van der Waals surface area (Å²) in [4.78, 5) is 23.7. The average molecular weight is 365 g/mol. The monoisotopic (exact) mass is 365 g/mol. The molecule has 0 unspecified atom stereocenters. The SMILES string of the molecule is Cc1nc(-c2cccs2)c(CC(=O)Nc2cccc3cccnc23)s1. The molecule has 1 N–H and O–H groups in total. The van der Waals surface area contributed by atoms with Crippen LogP contribution in [0.3, 0.4) is 0 Å². The maximum Gasteiger partial charge on any atom is 0.229 e. The van der Waals surface area contributed by atoms with E-state index in [9.17, 15) is 4.79 Å². The summed E-state index contributed by atoms with van der Waals surface area (Å²) in [6.07, 6.45) is 2.04. The van der Waals surface area contributed by atoms with E-state index in [0.29, 0.717) is 6.42 Å². The lowest BCUT2D eigenvalue weighted by atomic mass is 10.2. The van der Waals surface area contributed by atoms with Gasteiger partial charge in [-0.2, -0.15) is 0 Å². The Bertz CT molecular complexity index is 1030. The molecule has 0 aliphatic rings. The lowest BCUT2D eigenvalue weighted by Crippen LogP contribution is -2.14. The number of thiophene rings is 1. The Morgan fingerprint density at radius 1 is 1.16 bits per heavy atom. The van der Waals surface area contributed by atoms with Gasteiger partial charge in [0.2, 0.25) is 5.91 Å². The van der Waals surface area contributed by atoms with Crippen molar-refractivity contribution in [3.8, 4) is 10.6 Å². The van der Waals surface area contributed by atoms with Crippen LogP contribution in [0, 0.1) is 6.92 Å². The number of benzene rings is 1. The molecule has 0 bridgehead atoms. The van der Waals surface area contributed by atoms with Gasteiger partial charge in [-0.05, 0) is 30.5 Å². The summed E-state index contributed by atoms with van der Waals surface area (Å²) in [6, 6.07) is 13.7. The highest BCUT2D eigenvalue weighted by atomic mass is 32.1. The summed E-state index contributed by atoms with van der Waals surface area (Å²) in [5.41, 5.74) is 2.46. The molecule has 1 aromatic carbocycles. The van der Waals surface area contributed by atoms with E-state index in [-0.39, 0.29) is 5.91 Å². The smallest absolute Gasteiger partial charge is 0.229 e. The van der Waals surface area contributed by atoms with Gasteiger partial charge >= 0.3 is 0 Å². The minimum Gasteiger partial charge on any atom is -0.324 e. The van der Waals surface area contributed by atoms with Gasteiger partial charge in [0.05, 0.1) is 33.2 Å². The summed E-state index contributed by atoms with van der Waals surface area (Å²) in [7, 11) is 0. The number of para-hydroxylation sites is 1. The summed E-state index contributed by atoms with van der Waals surface area (Å²) >= 11 is 3.21. The maximum absolute atomic E-state index is 12.6. The number of rotatable bonds is 4. The van der Waals surface area contributed by atoms with Gasteiger partial charge in [0, 0.05) is 16.5 Å². The number of carbonyl (C=O) groups is 1. The zero-order valence-corrected chi connectivity index (χ0v) is 15.2. The van der Waals surface area contributed by atoms with Gasteiger partial charge in [0.1, 0.15) is 0 Å². The van der Waals surface area contributed by atoms with Gasteiger partial charge in [-0.3, -0.25) is 9.78 Å². The highest BCUT2D eigenvalue weighted by Crippen LogP contribution is 2.32. The first-order chi connectivity index (χ1) is 12.2. The van der Waals surface area contributed by atoms with Crippen LogP contribution in [0.1, 0.15) is 9.88 Å². The third kappa shape index (κ3) is 3.31. The van der Waals surface area contributed by atoms with Gasteiger partial charge in [-0.15, -0.1) is 22.7 Å². The van der Waals surface area contributed by atoms with E-state index >= 15 is 0 Å². The lowest BCUT2D eigenvalue weighted by Gasteiger charge is -2.07. The summed E-state index contributed by atoms with van der Waals surface area (Å²) in [5.74, 6) is -0.0559. The van der Waals surface area contributed by atoms with Crippen molar-refractivity contribution >= 4 is 45.2 Å². The van der Waals surface area contributed by atoms with Crippen LogP contribution in [-0.4, -0.2) is 15.9 Å². The van der Waals surface area contributed by atoms with Crippen molar-refractivity contribution < 1.29 is 4.79 Å². The molecule has 3 aromatic heterocycles. The number of carbonyl (C=O) groups excluding carboxylic acids is 1. The van der Waals surface area contributed by atoms with Crippen molar-refractivity contribution in [3.05, 3.63) is 63.9 Å². The third-order valence-corrected chi connectivity index (χ3v) is 5.63. The summed E-state index contributed by atoms with van der Waals surface area (Å²) in [5, 5.41) is 7.00. The Kier molecular flexibility index (Phi) is 4.29. The molecule has 0 saturated carbocycles. The normalized spacial score (nSPS) is 10.9. The number of anilines is 1. The largest absolute Gasteiger partial charge is 0.324 e. The first-order valence-corrected chi connectivity index (χ1v) is 9.54. The van der Waals surface area contributed by atoms with Crippen molar-refractivity contribution in [2.75, 3.05) is 5.32 Å². The van der Waals surface area contributed by atoms with E-state index < -0.39 is 0 Å². The second-order valence-electron chi connectivity index (χ2n) is 5.59. The molecule has 0 radical (unpaired) electrons. The lowest BCUT2D eigenvalue weighted by molar-refractivity contribution is -0.115. The van der Waals surface area contributed by atoms with Crippen LogP contribution in [0.5, 0.6) is 0 Å². The number of nitrogens with one attached hydrogen (secondary N) is 1. The molecule has 0 atom stereocenters. The number of hydrogen-bond donors (Lipinski definition) is 1. The van der Waals surface area contributed by atoms with Crippen molar-refractivity contribution in [3.63, 3.8) is 0 Å². The fraction of sp³-hybridized carbons (Fsp3) is 0.105. The fourth-order valence-electron chi connectivity index (χ4n) is 2.74. The second-order valence-corrected chi connectivity index (χ2v) is 7.82. The first-order valence-electron chi connectivity index (χ1n) is 7.84. The predicted molar refractivity (Wildman–Crippen MR) is 104 cm³/mol. The van der Waals surface area contributed by atoms with Crippen LogP contribution in [0.4, 0.5) is 5.69 Å². The average Bonchev–Trinajstić information content (AvgIpc) is 3.25. The summed E-state index contributed by atoms with van der Waals surface area (Å²) < 4.78 is 0. The number of hydrogen-bond acceptors (Lipinski definition) is 5. The van der Waals surface area contributed by atoms with Crippen LogP contribution < -0.4 is 5.32 Å². The van der Waals surface area contributed by atoms with E-state index in [0.717, 1.165) is 37.0 Å². The molecular weight excluding hydrogens is 350 g/mol. The molecule has 4 aromatic rings. The van der Waals surface area contributed by atoms with Crippen LogP contribution in [0.15, 0.2) is 54.0 Å². The molecule has 0 aliphatic heterocycles. The first kappa shape index (κ1) is 15.9. The van der Waals surface area contributed by atoms with Crippen molar-refractivity contribution in [1.29, 1.82) is 0 Å². The molecule has 1 amide bonds. The van der Waals surface area contributed by atoms with Crippen molar-refractivity contribution in [1.82, 2.24) is 9.97 Å². The minimum atomic E-state index is -0.0559. The molecule has 6 heteroatoms. The number of fused-ring (bicyclic) bond motifs is 1. The molecular formula is C19H15N3OS2. The quantitative estimate of drug-likeness (QED) is 0.559. The molecule has 3 heterocycles. The Morgan fingerprint density at radius 3 is 2.88 bits per heavy atom. The Morgan fingerprint density at radius 2 is 2.04 bits per heavy atom. The number of aromatic nitrogens is 2. The molecule has 0 fully saturated rings. The number of pyridine rings is 1. The maximum atomic E-state index is 12.6. The van der Waals surface area contributed by atoms with Crippen LogP contribution in [-0.2, 0) is 11.2 Å². The number of amides is 1. The number of thiazole rings is 1. The van der Waals surface area contributed by atoms with Crippen molar-refractivity contribution in [2.24, 2.45) is 0 Å². The van der Waals surface area contributed by atoms with Gasteiger partial charge in [-0.25, -0.2) is 4.98 Å². The molecule has 0 aliphatic carbocycles. The molecule has 0 spiro atoms. The topological polar surface area (TPSA) is 54.9 Å². The van der Waals surface area contributed by atoms with E-state index in [1.807, 2.05) is 54.8 Å². The van der Waals surface area contributed by atoms with Gasteiger partial charge in [-0.1, -0.05) is 24.3 Å². The Hall–Kier alpha value is -2.57. The van der Waals surface area contributed by atoms with Crippen LogP contribution in [0.2, 0.25) is 0 Å². The fourth-order valence-corrected chi connectivity index (χ4v) is 4.50. The van der Waals surface area contributed by atoms with Crippen LogP contribution >= 0.6 is 22.7 Å². The van der Waals surface area contributed by atoms with E-state index in [4.69, 9.17) is 0 Å². The molecule has 4 rings (SSSR count). The van der Waals surface area contributed by atoms with Gasteiger partial charge in [0.25, 0.3) is 0 Å². The highest BCUT2D eigenvalue weighted by molar-refractivity contribution is 7.15. The van der Waals surface area contributed by atoms with E-state index in [1.54, 1.807) is 28.9 Å². The number of nitrogens with zero attached hydrogens (tertiary/aromatic N) is 2. The zero-order chi connectivity index (χ0) is 17.2. The highest BCUT2D eigenvalue weighted by Gasteiger charge is 2.16. The zero-order valence-electron chi connectivity index (χ0n) is 13.5. The van der Waals surface area contributed by atoms with Crippen LogP contribution in [0.25, 0.3) is 21.5 Å². The third-order valence-electron chi connectivity index (χ3n) is 3.79. The predicted octanol–water partition coefficient (Wildman–Crippen LogP) is 4.91. The van der Waals surface area contributed by atoms with Gasteiger partial charge < -0.3 is 5.32 Å². The molecule has 4 nitrogen and oxygen atoms in total. The number of aryl methyl sites for hydroxylation is 1. The van der Waals surface area contributed by atoms with Crippen molar-refractivity contribution in [2.45, 2.75) is 13.3 Å². The minimum absolute atomic E-state index is 0.0559.